The highest BCUT2D eigenvalue weighted by Crippen LogP contribution is 2.28. The van der Waals surface area contributed by atoms with Crippen LogP contribution in [0.15, 0.2) is 29.2 Å². The number of H-pyrrole nitrogens is 1. The first kappa shape index (κ1) is 64.7. The quantitative estimate of drug-likeness (QED) is 0.0128. The molecule has 24 N–H and O–H groups in total. The molecule has 3 rings (SSSR count). The Hall–Kier alpha value is -6.59. The van der Waals surface area contributed by atoms with Gasteiger partial charge in [0.2, 0.25) is 47.3 Å². The first-order chi connectivity index (χ1) is 36.8. The summed E-state index contributed by atoms with van der Waals surface area (Å²) in [5.74, 6) is -6.58. The van der Waals surface area contributed by atoms with Gasteiger partial charge in [0, 0.05) is 49.9 Å². The van der Waals surface area contributed by atoms with Gasteiger partial charge in [-0.15, -0.1) is 0 Å². The Morgan fingerprint density at radius 3 is 2.05 bits per heavy atom. The first-order valence-corrected chi connectivity index (χ1v) is 26.7. The van der Waals surface area contributed by atoms with Crippen molar-refractivity contribution in [3.8, 4) is 0 Å². The van der Waals surface area contributed by atoms with E-state index in [9.17, 15) is 48.3 Å². The zero-order valence-corrected chi connectivity index (χ0v) is 44.2. The number of hydrogen-bond donors (Lipinski definition) is 16. The third kappa shape index (κ3) is 22.5. The molecule has 8 atom stereocenters. The largest absolute Gasteiger partial charge is 0.389 e. The summed E-state index contributed by atoms with van der Waals surface area (Å²) in [5, 5.41) is 26.6. The van der Waals surface area contributed by atoms with Crippen LogP contribution < -0.4 is 77.8 Å². The van der Waals surface area contributed by atoms with E-state index in [4.69, 9.17) is 45.9 Å². The number of hydrogen-bond acceptors (Lipinski definition) is 17. The summed E-state index contributed by atoms with van der Waals surface area (Å²) in [7, 11) is 0. The number of imidazole rings is 1. The van der Waals surface area contributed by atoms with Gasteiger partial charge in [-0.2, -0.15) is 0 Å². The smallest absolute Gasteiger partial charge is 0.245 e. The van der Waals surface area contributed by atoms with Crippen LogP contribution in [0.5, 0.6) is 0 Å². The van der Waals surface area contributed by atoms with Crippen LogP contribution >= 0.6 is 0 Å². The molecular formula is C49H86N18O10. The van der Waals surface area contributed by atoms with Gasteiger partial charge in [0.05, 0.1) is 31.1 Å². The van der Waals surface area contributed by atoms with Crippen molar-refractivity contribution in [1.29, 1.82) is 0 Å². The highest BCUT2D eigenvalue weighted by molar-refractivity contribution is 5.98. The van der Waals surface area contributed by atoms with E-state index in [1.54, 1.807) is 6.08 Å². The van der Waals surface area contributed by atoms with Gasteiger partial charge in [0.15, 0.2) is 11.7 Å². The van der Waals surface area contributed by atoms with Gasteiger partial charge < -0.3 is 92.8 Å². The van der Waals surface area contributed by atoms with E-state index in [1.807, 2.05) is 0 Å². The van der Waals surface area contributed by atoms with Crippen LogP contribution in [0.25, 0.3) is 0 Å². The average Bonchev–Trinajstić information content (AvgIpc) is 4.24. The molecule has 1 aliphatic carbocycles. The van der Waals surface area contributed by atoms with E-state index < -0.39 is 109 Å². The highest BCUT2D eigenvalue weighted by atomic mass is 16.3. The van der Waals surface area contributed by atoms with Gasteiger partial charge in [0.1, 0.15) is 30.2 Å². The molecule has 1 saturated carbocycles. The summed E-state index contributed by atoms with van der Waals surface area (Å²) in [6.07, 6.45) is 9.36. The summed E-state index contributed by atoms with van der Waals surface area (Å²) in [5.41, 5.74) is 45.8. The number of aliphatic hydroxyl groups is 1. The van der Waals surface area contributed by atoms with Crippen molar-refractivity contribution in [2.45, 2.75) is 164 Å². The third-order valence-corrected chi connectivity index (χ3v) is 13.6. The van der Waals surface area contributed by atoms with Gasteiger partial charge in [-0.05, 0) is 109 Å². The Labute approximate surface area is 449 Å². The van der Waals surface area contributed by atoms with Crippen molar-refractivity contribution in [3.05, 3.63) is 29.9 Å². The Morgan fingerprint density at radius 2 is 1.43 bits per heavy atom. The number of carbonyl (C=O) groups is 9. The van der Waals surface area contributed by atoms with Gasteiger partial charge in [-0.3, -0.25) is 48.1 Å². The van der Waals surface area contributed by atoms with E-state index >= 15 is 0 Å². The maximum absolute atomic E-state index is 14.3. The fourth-order valence-electron chi connectivity index (χ4n) is 9.27. The lowest BCUT2D eigenvalue weighted by Gasteiger charge is -2.30. The Morgan fingerprint density at radius 1 is 0.753 bits per heavy atom. The topological polar surface area (TPSA) is 498 Å². The first-order valence-electron chi connectivity index (χ1n) is 26.7. The second kappa shape index (κ2) is 34.9. The number of primary amides is 1. The molecule has 1 saturated heterocycles. The molecule has 1 aromatic rings. The van der Waals surface area contributed by atoms with Crippen molar-refractivity contribution in [3.63, 3.8) is 0 Å². The number of aromatic nitrogens is 2. The number of aliphatic hydroxyl groups excluding tert-OH is 1. The van der Waals surface area contributed by atoms with Crippen LogP contribution in [0.4, 0.5) is 0 Å². The zero-order valence-electron chi connectivity index (χ0n) is 44.2. The van der Waals surface area contributed by atoms with E-state index in [0.29, 0.717) is 70.2 Å². The number of guanidine groups is 1. The minimum Gasteiger partial charge on any atom is -0.389 e. The molecule has 0 radical (unpaired) electrons. The van der Waals surface area contributed by atoms with Crippen LogP contribution in [0.2, 0.25) is 0 Å². The summed E-state index contributed by atoms with van der Waals surface area (Å²) in [4.78, 5) is 135. The van der Waals surface area contributed by atoms with Crippen molar-refractivity contribution in [1.82, 2.24) is 46.8 Å². The lowest BCUT2D eigenvalue weighted by atomic mass is 9.96. The maximum Gasteiger partial charge on any atom is 0.245 e. The number of nitrogens with zero attached hydrogens (tertiary/aromatic N) is 3. The van der Waals surface area contributed by atoms with Crippen LogP contribution in [0.3, 0.4) is 0 Å². The highest BCUT2D eigenvalue weighted by Gasteiger charge is 2.40. The predicted molar refractivity (Wildman–Crippen MR) is 286 cm³/mol. The van der Waals surface area contributed by atoms with Crippen LogP contribution in [0, 0.1) is 5.92 Å². The molecule has 2 aliphatic rings. The number of amides is 8. The summed E-state index contributed by atoms with van der Waals surface area (Å²) in [6, 6.07) is -8.25. The SMILES string of the molecule is NCCCC[C@H](NC(=O)[C@H](Cc1cnc[nH]1)NC(=O)[C@@H]1CCCN1C(=O)[C@@H](CCCN)NC(=O)CNC(=O)[C@@H](NC(=O)[C@@H](NC(=O)[C@@H](N)CCCCN)[C@@H](O)CN)C1CCCC1)C(=O)CC/C(=C\CCN=C(N)N)C(N)=O. The Kier molecular flexibility index (Phi) is 29.4. The fourth-order valence-corrected chi connectivity index (χ4v) is 9.27. The molecule has 28 heteroatoms. The third-order valence-electron chi connectivity index (χ3n) is 13.6. The van der Waals surface area contributed by atoms with E-state index in [2.05, 4.69) is 46.9 Å². The lowest BCUT2D eigenvalue weighted by molar-refractivity contribution is -0.142. The van der Waals surface area contributed by atoms with E-state index in [-0.39, 0.29) is 94.2 Å². The van der Waals surface area contributed by atoms with Crippen molar-refractivity contribution >= 4 is 59.0 Å². The standard InChI is InChI=1S/C49H86N18O10/c50-19-5-3-13-32(54)43(72)66-41(38(69)25-53)47(76)65-40(29-10-1-2-11-29)46(75)60-27-39(70)62-34(15-7-21-52)48(77)67-23-9-16-36(67)45(74)64-35(24-31-26-58-28-61-31)44(73)63-33(14-4-6-20-51)37(68)18-17-30(42(55)71)12-8-22-59-49(56)57/h12,26,28-29,32-36,38,40-41,69H,1-11,13-25,27,50-54H2,(H2,55,71)(H,58,61)(H,60,75)(H,62,70)(H,63,73)(H,64,74)(H,65,76)(H,66,72)(H4,56,57,59)/b30-12+/t32-,33-,34+,35-,36-,38-,40-,41-/m0/s1. The molecular weight excluding hydrogens is 1000 g/mol. The molecule has 0 spiro atoms. The minimum absolute atomic E-state index is 0.0135. The summed E-state index contributed by atoms with van der Waals surface area (Å²) in [6.45, 7) is 0.236. The molecule has 1 aromatic heterocycles. The Bertz CT molecular complexity index is 2130. The van der Waals surface area contributed by atoms with Crippen molar-refractivity contribution in [2.75, 3.05) is 45.8 Å². The number of nitrogens with two attached hydrogens (primary N) is 8. The van der Waals surface area contributed by atoms with E-state index in [0.717, 1.165) is 12.8 Å². The van der Waals surface area contributed by atoms with Gasteiger partial charge in [0.25, 0.3) is 0 Å². The van der Waals surface area contributed by atoms with Crippen molar-refractivity contribution < 1.29 is 48.3 Å². The molecule has 2 fully saturated rings. The minimum atomic E-state index is -1.54. The van der Waals surface area contributed by atoms with Crippen LogP contribution in [-0.2, 0) is 49.6 Å². The second-order valence-corrected chi connectivity index (χ2v) is 19.5. The molecule has 28 nitrogen and oxygen atoms in total. The molecule has 0 aromatic carbocycles. The summed E-state index contributed by atoms with van der Waals surface area (Å²) >= 11 is 0. The lowest BCUT2D eigenvalue weighted by Crippen LogP contribution is -2.62. The van der Waals surface area contributed by atoms with Crippen LogP contribution in [0.1, 0.15) is 115 Å². The molecule has 432 valence electrons. The number of nitrogens with one attached hydrogen (secondary N) is 7. The Balaban J connectivity index is 1.75. The zero-order chi connectivity index (χ0) is 56.9. The number of aliphatic imine (C=N–C) groups is 1. The van der Waals surface area contributed by atoms with E-state index in [1.165, 1.54) is 17.4 Å². The number of aromatic amines is 1. The monoisotopic (exact) mass is 1090 g/mol. The number of unbranched alkanes of at least 4 members (excludes halogenated alkanes) is 2. The molecule has 77 heavy (non-hydrogen) atoms. The van der Waals surface area contributed by atoms with Gasteiger partial charge in [-0.1, -0.05) is 25.3 Å². The van der Waals surface area contributed by atoms with Crippen LogP contribution in [-0.4, -0.2) is 173 Å². The number of likely N-dealkylation sites (tertiary alicyclic amines) is 1. The predicted octanol–water partition coefficient (Wildman–Crippen LogP) is -5.26. The normalized spacial score (nSPS) is 17.4. The molecule has 1 aliphatic heterocycles. The molecule has 0 bridgehead atoms. The summed E-state index contributed by atoms with van der Waals surface area (Å²) < 4.78 is 0. The molecule has 8 amide bonds. The van der Waals surface area contributed by atoms with Gasteiger partial charge in [-0.25, -0.2) is 4.98 Å². The number of ketones is 1. The van der Waals surface area contributed by atoms with Crippen molar-refractivity contribution in [2.24, 2.45) is 56.8 Å². The van der Waals surface area contributed by atoms with Gasteiger partial charge >= 0.3 is 0 Å². The number of rotatable bonds is 37. The molecule has 2 heterocycles. The fraction of sp³-hybridized carbons (Fsp3) is 0.694. The second-order valence-electron chi connectivity index (χ2n) is 19.5. The number of carbonyl (C=O) groups excluding carboxylic acids is 9. The maximum atomic E-state index is 14.3. The average molecular weight is 1090 g/mol. The number of Topliss-reactive ketones (excluding diaryl/α,β-unsaturated/α-hetero) is 1. The molecule has 0 unspecified atom stereocenters.